The third kappa shape index (κ3) is 1.68. The Labute approximate surface area is 70.8 Å². The molecule has 1 N–H and O–H groups in total. The van der Waals surface area contributed by atoms with Crippen molar-refractivity contribution in [3.05, 3.63) is 28.0 Å². The van der Waals surface area contributed by atoms with Gasteiger partial charge in [0, 0.05) is 11.6 Å². The van der Waals surface area contributed by atoms with E-state index in [2.05, 4.69) is 15.9 Å². The summed E-state index contributed by atoms with van der Waals surface area (Å²) in [6.45, 7) is -0.800. The van der Waals surface area contributed by atoms with Gasteiger partial charge in [0.05, 0.1) is 4.47 Å². The Morgan fingerprint density at radius 3 is 2.64 bits per heavy atom. The number of hydrogen-bond donors (Lipinski definition) is 1. The Balaban J connectivity index is 3.24. The van der Waals surface area contributed by atoms with Crippen molar-refractivity contribution in [2.45, 2.75) is 6.67 Å². The third-order valence-corrected chi connectivity index (χ3v) is 2.15. The van der Waals surface area contributed by atoms with Crippen molar-refractivity contribution < 1.29 is 13.9 Å². The van der Waals surface area contributed by atoms with Gasteiger partial charge in [0.1, 0.15) is 18.2 Å². The van der Waals surface area contributed by atoms with Crippen molar-refractivity contribution in [2.24, 2.45) is 0 Å². The first-order valence-electron chi connectivity index (χ1n) is 2.88. The van der Waals surface area contributed by atoms with E-state index in [1.807, 2.05) is 0 Å². The molecule has 1 rings (SSSR count). The zero-order chi connectivity index (χ0) is 8.43. The summed E-state index contributed by atoms with van der Waals surface area (Å²) in [5, 5.41) is 8.96. The molecular formula is C7H5BrF2O. The number of hydrogen-bond acceptors (Lipinski definition) is 1. The normalized spacial score (nSPS) is 10.1. The molecule has 0 aliphatic rings. The quantitative estimate of drug-likeness (QED) is 0.775. The molecule has 4 heteroatoms. The molecule has 1 nitrogen and oxygen atoms in total. The highest BCUT2D eigenvalue weighted by atomic mass is 79.9. The molecule has 0 amide bonds. The number of aromatic hydroxyl groups is 1. The van der Waals surface area contributed by atoms with Gasteiger partial charge < -0.3 is 5.11 Å². The lowest BCUT2D eigenvalue weighted by Crippen LogP contribution is -1.84. The first kappa shape index (κ1) is 8.46. The van der Waals surface area contributed by atoms with Crippen molar-refractivity contribution in [1.82, 2.24) is 0 Å². The Morgan fingerprint density at radius 1 is 1.45 bits per heavy atom. The summed E-state index contributed by atoms with van der Waals surface area (Å²) in [6, 6.07) is 1.95. The summed E-state index contributed by atoms with van der Waals surface area (Å²) < 4.78 is 24.7. The van der Waals surface area contributed by atoms with E-state index in [-0.39, 0.29) is 15.8 Å². The van der Waals surface area contributed by atoms with Crippen molar-refractivity contribution >= 4 is 15.9 Å². The van der Waals surface area contributed by atoms with Crippen LogP contribution in [0.2, 0.25) is 0 Å². The van der Waals surface area contributed by atoms with Crippen LogP contribution in [0.15, 0.2) is 16.6 Å². The molecule has 0 unspecified atom stereocenters. The predicted octanol–water partition coefficient (Wildman–Crippen LogP) is 2.76. The van der Waals surface area contributed by atoms with Crippen LogP contribution in [0.5, 0.6) is 5.75 Å². The monoisotopic (exact) mass is 222 g/mol. The summed E-state index contributed by atoms with van der Waals surface area (Å²) in [5.74, 6) is -0.920. The molecule has 0 saturated carbocycles. The van der Waals surface area contributed by atoms with Gasteiger partial charge in [-0.3, -0.25) is 0 Å². The predicted molar refractivity (Wildman–Crippen MR) is 40.6 cm³/mol. The summed E-state index contributed by atoms with van der Waals surface area (Å²) in [6.07, 6.45) is 0. The molecule has 60 valence electrons. The fourth-order valence-electron chi connectivity index (χ4n) is 0.727. The van der Waals surface area contributed by atoms with E-state index in [4.69, 9.17) is 5.11 Å². The van der Waals surface area contributed by atoms with Gasteiger partial charge in [-0.15, -0.1) is 0 Å². The maximum absolute atomic E-state index is 12.4. The number of benzene rings is 1. The number of rotatable bonds is 1. The first-order valence-corrected chi connectivity index (χ1v) is 3.67. The van der Waals surface area contributed by atoms with Gasteiger partial charge in [-0.2, -0.15) is 0 Å². The summed E-state index contributed by atoms with van der Waals surface area (Å²) in [4.78, 5) is 0. The van der Waals surface area contributed by atoms with Crippen LogP contribution < -0.4 is 0 Å². The summed E-state index contributed by atoms with van der Waals surface area (Å²) >= 11 is 2.92. The second-order valence-corrected chi connectivity index (χ2v) is 2.82. The van der Waals surface area contributed by atoms with Crippen LogP contribution in [-0.2, 0) is 6.67 Å². The Bertz CT molecular complexity index is 275. The molecule has 0 aliphatic carbocycles. The third-order valence-electron chi connectivity index (χ3n) is 1.24. The fraction of sp³-hybridized carbons (Fsp3) is 0.143. The standard InChI is InChI=1S/C7H5BrF2O/c8-7-4(3-9)1-5(10)2-6(7)11/h1-2,11H,3H2. The lowest BCUT2D eigenvalue weighted by atomic mass is 10.2. The van der Waals surface area contributed by atoms with Crippen LogP contribution in [0.3, 0.4) is 0 Å². The Kier molecular flexibility index (Phi) is 2.44. The minimum Gasteiger partial charge on any atom is -0.507 e. The van der Waals surface area contributed by atoms with Gasteiger partial charge in [-0.05, 0) is 22.0 Å². The number of phenolic OH excluding ortho intramolecular Hbond substituents is 1. The van der Waals surface area contributed by atoms with E-state index in [0.29, 0.717) is 0 Å². The van der Waals surface area contributed by atoms with Gasteiger partial charge in [-0.25, -0.2) is 8.78 Å². The molecule has 0 atom stereocenters. The van der Waals surface area contributed by atoms with E-state index in [9.17, 15) is 8.78 Å². The summed E-state index contributed by atoms with van der Waals surface area (Å²) in [7, 11) is 0. The first-order chi connectivity index (χ1) is 5.15. The van der Waals surface area contributed by atoms with Crippen LogP contribution >= 0.6 is 15.9 Å². The van der Waals surface area contributed by atoms with Crippen LogP contribution in [0.4, 0.5) is 8.78 Å². The van der Waals surface area contributed by atoms with E-state index >= 15 is 0 Å². The van der Waals surface area contributed by atoms with Crippen LogP contribution in [0, 0.1) is 5.82 Å². The summed E-state index contributed by atoms with van der Waals surface area (Å²) in [5.41, 5.74) is 0.113. The lowest BCUT2D eigenvalue weighted by Gasteiger charge is -2.01. The maximum Gasteiger partial charge on any atom is 0.133 e. The zero-order valence-electron chi connectivity index (χ0n) is 5.44. The van der Waals surface area contributed by atoms with Crippen molar-refractivity contribution in [3.8, 4) is 5.75 Å². The highest BCUT2D eigenvalue weighted by molar-refractivity contribution is 9.10. The second-order valence-electron chi connectivity index (χ2n) is 2.03. The number of phenols is 1. The molecule has 11 heavy (non-hydrogen) atoms. The van der Waals surface area contributed by atoms with Gasteiger partial charge in [-0.1, -0.05) is 0 Å². The van der Waals surface area contributed by atoms with Crippen molar-refractivity contribution in [2.75, 3.05) is 0 Å². The van der Waals surface area contributed by atoms with Crippen LogP contribution in [0.1, 0.15) is 5.56 Å². The molecule has 0 aromatic heterocycles. The van der Waals surface area contributed by atoms with Gasteiger partial charge in [0.25, 0.3) is 0 Å². The van der Waals surface area contributed by atoms with Gasteiger partial charge >= 0.3 is 0 Å². The van der Waals surface area contributed by atoms with Crippen molar-refractivity contribution in [1.29, 1.82) is 0 Å². The largest absolute Gasteiger partial charge is 0.507 e. The molecule has 0 radical (unpaired) electrons. The van der Waals surface area contributed by atoms with Gasteiger partial charge in [0.2, 0.25) is 0 Å². The molecule has 0 fully saturated rings. The fourth-order valence-corrected chi connectivity index (χ4v) is 1.06. The van der Waals surface area contributed by atoms with E-state index in [1.165, 1.54) is 0 Å². The topological polar surface area (TPSA) is 20.2 Å². The van der Waals surface area contributed by atoms with E-state index in [1.54, 1.807) is 0 Å². The highest BCUT2D eigenvalue weighted by Gasteiger charge is 2.06. The molecule has 1 aromatic carbocycles. The van der Waals surface area contributed by atoms with Crippen molar-refractivity contribution in [3.63, 3.8) is 0 Å². The van der Waals surface area contributed by atoms with Gasteiger partial charge in [0.15, 0.2) is 0 Å². The van der Waals surface area contributed by atoms with E-state index in [0.717, 1.165) is 12.1 Å². The smallest absolute Gasteiger partial charge is 0.133 e. The minimum atomic E-state index is -0.800. The van der Waals surface area contributed by atoms with Crippen LogP contribution in [-0.4, -0.2) is 5.11 Å². The minimum absolute atomic E-state index is 0.113. The van der Waals surface area contributed by atoms with E-state index < -0.39 is 12.5 Å². The average molecular weight is 223 g/mol. The molecule has 0 bridgehead atoms. The second kappa shape index (κ2) is 3.17. The zero-order valence-corrected chi connectivity index (χ0v) is 7.03. The molecule has 0 aliphatic heterocycles. The SMILES string of the molecule is Oc1cc(F)cc(CF)c1Br. The highest BCUT2D eigenvalue weighted by Crippen LogP contribution is 2.29. The molecule has 0 heterocycles. The average Bonchev–Trinajstić information content (AvgIpc) is 1.96. The Hall–Kier alpha value is -0.640. The molecule has 0 spiro atoms. The molecular weight excluding hydrogens is 218 g/mol. The maximum atomic E-state index is 12.4. The van der Waals surface area contributed by atoms with Crippen LogP contribution in [0.25, 0.3) is 0 Å². The molecule has 0 saturated heterocycles. The lowest BCUT2D eigenvalue weighted by molar-refractivity contribution is 0.451. The Morgan fingerprint density at radius 2 is 2.09 bits per heavy atom. The number of halogens is 3. The molecule has 1 aromatic rings. The number of alkyl halides is 1.